The summed E-state index contributed by atoms with van der Waals surface area (Å²) in [5, 5.41) is 13.4. The third-order valence-electron chi connectivity index (χ3n) is 6.32. The van der Waals surface area contributed by atoms with Gasteiger partial charge in [-0.25, -0.2) is 4.79 Å². The maximum Gasteiger partial charge on any atom is 0.407 e. The van der Waals surface area contributed by atoms with E-state index in [1.165, 1.54) is 0 Å². The fraction of sp³-hybridized carbons (Fsp3) is 0.520. The molecule has 0 unspecified atom stereocenters. The lowest BCUT2D eigenvalue weighted by Gasteiger charge is -2.47. The molecule has 7 nitrogen and oxygen atoms in total. The Balaban J connectivity index is 1.67. The summed E-state index contributed by atoms with van der Waals surface area (Å²) >= 11 is 0. The quantitative estimate of drug-likeness (QED) is 0.750. The number of benzene rings is 1. The predicted octanol–water partition coefficient (Wildman–Crippen LogP) is 4.08. The van der Waals surface area contributed by atoms with Crippen LogP contribution in [0.1, 0.15) is 61.5 Å². The first kappa shape index (κ1) is 22.4. The van der Waals surface area contributed by atoms with Gasteiger partial charge in [-0.2, -0.15) is 0 Å². The normalized spacial score (nSPS) is 23.1. The van der Waals surface area contributed by atoms with Crippen molar-refractivity contribution in [1.82, 2.24) is 15.2 Å². The number of rotatable bonds is 3. The van der Waals surface area contributed by atoms with Crippen LogP contribution in [0, 0.1) is 6.92 Å². The highest BCUT2D eigenvalue weighted by atomic mass is 16.6. The van der Waals surface area contributed by atoms with Gasteiger partial charge in [-0.05, 0) is 81.5 Å². The second-order valence-corrected chi connectivity index (χ2v) is 9.84. The Hall–Kier alpha value is -2.80. The van der Waals surface area contributed by atoms with E-state index in [1.54, 1.807) is 7.11 Å². The average molecular weight is 440 g/mol. The Morgan fingerprint density at radius 1 is 1.28 bits per heavy atom. The van der Waals surface area contributed by atoms with Crippen molar-refractivity contribution in [3.63, 3.8) is 0 Å². The molecule has 1 saturated heterocycles. The maximum atomic E-state index is 12.7. The lowest BCUT2D eigenvalue weighted by Crippen LogP contribution is -2.53. The van der Waals surface area contributed by atoms with Crippen LogP contribution in [-0.4, -0.2) is 52.9 Å². The molecule has 2 aliphatic rings. The summed E-state index contributed by atoms with van der Waals surface area (Å²) in [5.74, 6) is 0.699. The van der Waals surface area contributed by atoms with Gasteiger partial charge in [-0.1, -0.05) is 0 Å². The number of carbonyl (C=O) groups excluding carboxylic acids is 1. The molecule has 1 aromatic carbocycles. The molecule has 2 aliphatic heterocycles. The SMILES string of the molecule is COc1cc2c(cc1O)CCN1C[C@@H](c3cc(C)ccn3)[C@@H](NC(=O)OC(C)(C)C)C[C@H]21. The van der Waals surface area contributed by atoms with Crippen LogP contribution >= 0.6 is 0 Å². The summed E-state index contributed by atoms with van der Waals surface area (Å²) in [6, 6.07) is 7.84. The van der Waals surface area contributed by atoms with Gasteiger partial charge in [0, 0.05) is 43.0 Å². The van der Waals surface area contributed by atoms with E-state index in [4.69, 9.17) is 9.47 Å². The largest absolute Gasteiger partial charge is 0.504 e. The van der Waals surface area contributed by atoms with Crippen molar-refractivity contribution in [2.24, 2.45) is 0 Å². The minimum absolute atomic E-state index is 0.0548. The summed E-state index contributed by atoms with van der Waals surface area (Å²) in [5.41, 5.74) is 3.85. The van der Waals surface area contributed by atoms with Gasteiger partial charge in [-0.3, -0.25) is 9.88 Å². The number of aromatic hydroxyl groups is 1. The Morgan fingerprint density at radius 3 is 2.75 bits per heavy atom. The molecule has 2 N–H and O–H groups in total. The molecule has 1 amide bonds. The molecule has 0 radical (unpaired) electrons. The van der Waals surface area contributed by atoms with Crippen LogP contribution < -0.4 is 10.1 Å². The van der Waals surface area contributed by atoms with Crippen molar-refractivity contribution in [2.75, 3.05) is 20.2 Å². The molecule has 3 atom stereocenters. The summed E-state index contributed by atoms with van der Waals surface area (Å²) in [6.07, 6.45) is 3.01. The molecule has 0 bridgehead atoms. The van der Waals surface area contributed by atoms with Gasteiger partial charge in [-0.15, -0.1) is 0 Å². The summed E-state index contributed by atoms with van der Waals surface area (Å²) in [6.45, 7) is 9.33. The number of alkyl carbamates (subject to hydrolysis) is 1. The lowest BCUT2D eigenvalue weighted by molar-refractivity contribution is 0.0411. The van der Waals surface area contributed by atoms with Crippen LogP contribution in [0.4, 0.5) is 4.79 Å². The molecule has 172 valence electrons. The van der Waals surface area contributed by atoms with Crippen molar-refractivity contribution in [3.8, 4) is 11.5 Å². The summed E-state index contributed by atoms with van der Waals surface area (Å²) in [4.78, 5) is 19.8. The number of piperidine rings is 1. The minimum atomic E-state index is -0.565. The van der Waals surface area contributed by atoms with Crippen LogP contribution in [0.2, 0.25) is 0 Å². The number of methoxy groups -OCH3 is 1. The van der Waals surface area contributed by atoms with Crippen LogP contribution in [0.3, 0.4) is 0 Å². The average Bonchev–Trinajstić information content (AvgIpc) is 2.71. The fourth-order valence-electron chi connectivity index (χ4n) is 4.89. The third kappa shape index (κ3) is 4.67. The zero-order valence-corrected chi connectivity index (χ0v) is 19.5. The molecule has 0 aliphatic carbocycles. The molecule has 7 heteroatoms. The first-order valence-electron chi connectivity index (χ1n) is 11.2. The predicted molar refractivity (Wildman–Crippen MR) is 122 cm³/mol. The molecule has 32 heavy (non-hydrogen) atoms. The van der Waals surface area contributed by atoms with Crippen molar-refractivity contribution >= 4 is 6.09 Å². The standard InChI is InChI=1S/C25H33N3O4/c1-15-6-8-26-19(10-15)18-14-28-9-7-16-11-22(29)23(31-5)12-17(16)21(28)13-20(18)27-24(30)32-25(2,3)4/h6,8,10-12,18,20-21,29H,7,9,13-14H2,1-5H3,(H,27,30)/t18-,20-,21+/m0/s1. The van der Waals surface area contributed by atoms with E-state index in [9.17, 15) is 9.90 Å². The van der Waals surface area contributed by atoms with Crippen molar-refractivity contribution < 1.29 is 19.4 Å². The van der Waals surface area contributed by atoms with E-state index in [-0.39, 0.29) is 23.8 Å². The number of pyridine rings is 1. The van der Waals surface area contributed by atoms with E-state index in [0.717, 1.165) is 48.3 Å². The maximum absolute atomic E-state index is 12.7. The number of nitrogens with one attached hydrogen (secondary N) is 1. The van der Waals surface area contributed by atoms with Gasteiger partial charge in [0.15, 0.2) is 11.5 Å². The highest BCUT2D eigenvalue weighted by molar-refractivity contribution is 5.68. The van der Waals surface area contributed by atoms with Crippen molar-refractivity contribution in [3.05, 3.63) is 52.8 Å². The van der Waals surface area contributed by atoms with Gasteiger partial charge in [0.05, 0.1) is 7.11 Å². The van der Waals surface area contributed by atoms with Crippen LogP contribution in [0.25, 0.3) is 0 Å². The number of nitrogens with zero attached hydrogens (tertiary/aromatic N) is 2. The second-order valence-electron chi connectivity index (χ2n) is 9.84. The molecule has 1 fully saturated rings. The molecule has 2 aromatic rings. The van der Waals surface area contributed by atoms with E-state index in [1.807, 2.05) is 45.2 Å². The molecule has 3 heterocycles. The first-order chi connectivity index (χ1) is 15.1. The van der Waals surface area contributed by atoms with Gasteiger partial charge >= 0.3 is 6.09 Å². The Morgan fingerprint density at radius 2 is 2.06 bits per heavy atom. The number of fused-ring (bicyclic) bond motifs is 3. The Bertz CT molecular complexity index is 1000. The number of amides is 1. The first-order valence-corrected chi connectivity index (χ1v) is 11.2. The van der Waals surface area contributed by atoms with E-state index < -0.39 is 11.7 Å². The number of aryl methyl sites for hydroxylation is 1. The zero-order valence-electron chi connectivity index (χ0n) is 19.5. The van der Waals surface area contributed by atoms with E-state index in [2.05, 4.69) is 28.2 Å². The molecule has 4 rings (SSSR count). The molecule has 0 spiro atoms. The smallest absolute Gasteiger partial charge is 0.407 e. The number of ether oxygens (including phenoxy) is 2. The van der Waals surface area contributed by atoms with Gasteiger partial charge in [0.25, 0.3) is 0 Å². The number of phenolic OH excluding ortho intramolecular Hbond substituents is 1. The van der Waals surface area contributed by atoms with E-state index in [0.29, 0.717) is 5.75 Å². The van der Waals surface area contributed by atoms with Gasteiger partial charge in [0.2, 0.25) is 0 Å². The summed E-state index contributed by atoms with van der Waals surface area (Å²) < 4.78 is 10.9. The Labute approximate surface area is 189 Å². The van der Waals surface area contributed by atoms with Gasteiger partial charge < -0.3 is 19.9 Å². The molecular weight excluding hydrogens is 406 g/mol. The monoisotopic (exact) mass is 439 g/mol. The highest BCUT2D eigenvalue weighted by Crippen LogP contribution is 2.44. The van der Waals surface area contributed by atoms with E-state index >= 15 is 0 Å². The van der Waals surface area contributed by atoms with Crippen LogP contribution in [0.15, 0.2) is 30.5 Å². The topological polar surface area (TPSA) is 83.9 Å². The van der Waals surface area contributed by atoms with Crippen LogP contribution in [0.5, 0.6) is 11.5 Å². The number of hydrogen-bond donors (Lipinski definition) is 2. The van der Waals surface area contributed by atoms with Crippen molar-refractivity contribution in [1.29, 1.82) is 0 Å². The van der Waals surface area contributed by atoms with Gasteiger partial charge in [0.1, 0.15) is 5.60 Å². The lowest BCUT2D eigenvalue weighted by atomic mass is 9.79. The number of phenols is 1. The van der Waals surface area contributed by atoms with Crippen LogP contribution in [-0.2, 0) is 11.2 Å². The highest BCUT2D eigenvalue weighted by Gasteiger charge is 2.41. The number of hydrogen-bond acceptors (Lipinski definition) is 6. The number of aromatic nitrogens is 1. The molecule has 0 saturated carbocycles. The van der Waals surface area contributed by atoms with Crippen molar-refractivity contribution in [2.45, 2.75) is 64.1 Å². The minimum Gasteiger partial charge on any atom is -0.504 e. The third-order valence-corrected chi connectivity index (χ3v) is 6.32. The fourth-order valence-corrected chi connectivity index (χ4v) is 4.89. The molecule has 1 aromatic heterocycles. The second kappa shape index (κ2) is 8.62. The zero-order chi connectivity index (χ0) is 23.0. The number of carbonyl (C=O) groups is 1. The summed E-state index contributed by atoms with van der Waals surface area (Å²) in [7, 11) is 1.56. The molecular formula is C25H33N3O4. The Kier molecular flexibility index (Phi) is 6.03.